The van der Waals surface area contributed by atoms with Crippen molar-refractivity contribution in [1.29, 1.82) is 0 Å². The third kappa shape index (κ3) is 3.59. The Hall–Kier alpha value is -1.31. The molecule has 102 valence electrons. The van der Waals surface area contributed by atoms with Gasteiger partial charge in [0.2, 0.25) is 0 Å². The molecule has 2 fully saturated rings. The minimum Gasteiger partial charge on any atom is -0.490 e. The number of rotatable bonds is 6. The first-order valence-corrected chi connectivity index (χ1v) is 7.61. The minimum atomic E-state index is 0.271. The van der Waals surface area contributed by atoms with E-state index >= 15 is 0 Å². The van der Waals surface area contributed by atoms with Gasteiger partial charge >= 0.3 is 0 Å². The summed E-state index contributed by atoms with van der Waals surface area (Å²) in [6.07, 6.45) is 9.79. The van der Waals surface area contributed by atoms with Gasteiger partial charge in [-0.3, -0.25) is 4.79 Å². The Labute approximate surface area is 115 Å². The molecule has 2 aliphatic rings. The first-order chi connectivity index (χ1) is 9.31. The lowest BCUT2D eigenvalue weighted by Gasteiger charge is -2.09. The van der Waals surface area contributed by atoms with Gasteiger partial charge in [-0.1, -0.05) is 37.8 Å². The molecule has 0 bridgehead atoms. The van der Waals surface area contributed by atoms with Gasteiger partial charge in [-0.15, -0.1) is 0 Å². The molecule has 0 N–H and O–H groups in total. The molecule has 1 aromatic carbocycles. The van der Waals surface area contributed by atoms with Crippen LogP contribution in [0.25, 0.3) is 0 Å². The summed E-state index contributed by atoms with van der Waals surface area (Å²) in [6, 6.07) is 7.71. The van der Waals surface area contributed by atoms with Crippen molar-refractivity contribution in [2.75, 3.05) is 0 Å². The number of benzene rings is 1. The topological polar surface area (TPSA) is 26.3 Å². The molecule has 2 heteroatoms. The van der Waals surface area contributed by atoms with Gasteiger partial charge in [-0.05, 0) is 37.3 Å². The molecular formula is C17H22O2. The molecule has 1 aromatic rings. The van der Waals surface area contributed by atoms with E-state index in [9.17, 15) is 4.79 Å². The third-order valence-electron chi connectivity index (χ3n) is 4.24. The second kappa shape index (κ2) is 5.77. The molecule has 0 saturated heterocycles. The molecular weight excluding hydrogens is 236 g/mol. The zero-order valence-electron chi connectivity index (χ0n) is 11.4. The molecule has 0 unspecified atom stereocenters. The van der Waals surface area contributed by atoms with Crippen LogP contribution in [0.4, 0.5) is 0 Å². The molecule has 0 aromatic heterocycles. The van der Waals surface area contributed by atoms with E-state index in [1.807, 2.05) is 24.3 Å². The molecule has 0 atom stereocenters. The Bertz CT molecular complexity index is 442. The van der Waals surface area contributed by atoms with Gasteiger partial charge in [-0.25, -0.2) is 0 Å². The van der Waals surface area contributed by atoms with Crippen molar-refractivity contribution in [2.24, 2.45) is 5.92 Å². The van der Waals surface area contributed by atoms with Crippen LogP contribution in [0.2, 0.25) is 0 Å². The summed E-state index contributed by atoms with van der Waals surface area (Å²) in [5.41, 5.74) is 0.816. The maximum atomic E-state index is 12.2. The van der Waals surface area contributed by atoms with Crippen LogP contribution in [-0.4, -0.2) is 11.9 Å². The summed E-state index contributed by atoms with van der Waals surface area (Å²) in [5.74, 6) is 1.91. The SMILES string of the molecule is O=C(CCC1CCCC1)c1cccc(OC2CC2)c1. The second-order valence-corrected chi connectivity index (χ2v) is 5.96. The number of carbonyl (C=O) groups excluding carboxylic acids is 1. The van der Waals surface area contributed by atoms with Crippen molar-refractivity contribution in [3.05, 3.63) is 29.8 Å². The first-order valence-electron chi connectivity index (χ1n) is 7.61. The largest absolute Gasteiger partial charge is 0.490 e. The molecule has 2 saturated carbocycles. The van der Waals surface area contributed by atoms with E-state index in [2.05, 4.69) is 0 Å². The summed E-state index contributed by atoms with van der Waals surface area (Å²) >= 11 is 0. The van der Waals surface area contributed by atoms with Crippen LogP contribution in [0, 0.1) is 5.92 Å². The number of Topliss-reactive ketones (excluding diaryl/α,β-unsaturated/α-hetero) is 1. The first kappa shape index (κ1) is 12.7. The molecule has 0 heterocycles. The van der Waals surface area contributed by atoms with Crippen LogP contribution in [0.3, 0.4) is 0 Å². The van der Waals surface area contributed by atoms with E-state index in [0.717, 1.165) is 36.5 Å². The number of hydrogen-bond acceptors (Lipinski definition) is 2. The fourth-order valence-corrected chi connectivity index (χ4v) is 2.90. The van der Waals surface area contributed by atoms with Crippen molar-refractivity contribution >= 4 is 5.78 Å². The summed E-state index contributed by atoms with van der Waals surface area (Å²) in [7, 11) is 0. The van der Waals surface area contributed by atoms with Gasteiger partial charge in [0, 0.05) is 12.0 Å². The molecule has 2 nitrogen and oxygen atoms in total. The van der Waals surface area contributed by atoms with Crippen molar-refractivity contribution in [1.82, 2.24) is 0 Å². The van der Waals surface area contributed by atoms with Gasteiger partial charge in [0.15, 0.2) is 5.78 Å². The van der Waals surface area contributed by atoms with Gasteiger partial charge < -0.3 is 4.74 Å². The van der Waals surface area contributed by atoms with Crippen LogP contribution in [0.1, 0.15) is 61.7 Å². The fourth-order valence-electron chi connectivity index (χ4n) is 2.90. The molecule has 0 spiro atoms. The van der Waals surface area contributed by atoms with Crippen molar-refractivity contribution in [3.63, 3.8) is 0 Å². The summed E-state index contributed by atoms with van der Waals surface area (Å²) in [6.45, 7) is 0. The maximum absolute atomic E-state index is 12.2. The number of ether oxygens (including phenoxy) is 1. The Morgan fingerprint density at radius 2 is 1.95 bits per heavy atom. The predicted molar refractivity (Wildman–Crippen MR) is 75.6 cm³/mol. The van der Waals surface area contributed by atoms with Crippen molar-refractivity contribution < 1.29 is 9.53 Å². The zero-order valence-corrected chi connectivity index (χ0v) is 11.4. The van der Waals surface area contributed by atoms with Crippen LogP contribution < -0.4 is 4.74 Å². The zero-order chi connectivity index (χ0) is 13.1. The van der Waals surface area contributed by atoms with Crippen LogP contribution in [0.15, 0.2) is 24.3 Å². The highest BCUT2D eigenvalue weighted by atomic mass is 16.5. The standard InChI is InChI=1S/C17H22O2/c18-17(11-8-13-4-1-2-5-13)14-6-3-7-16(12-14)19-15-9-10-15/h3,6-7,12-13,15H,1-2,4-5,8-11H2. The van der Waals surface area contributed by atoms with Crippen molar-refractivity contribution in [2.45, 2.75) is 57.5 Å². The van der Waals surface area contributed by atoms with E-state index in [4.69, 9.17) is 4.74 Å². The van der Waals surface area contributed by atoms with E-state index in [1.165, 1.54) is 25.7 Å². The van der Waals surface area contributed by atoms with Crippen LogP contribution in [0.5, 0.6) is 5.75 Å². The van der Waals surface area contributed by atoms with E-state index in [0.29, 0.717) is 12.5 Å². The summed E-state index contributed by atoms with van der Waals surface area (Å²) < 4.78 is 5.74. The Kier molecular flexibility index (Phi) is 3.86. The summed E-state index contributed by atoms with van der Waals surface area (Å²) in [5, 5.41) is 0. The molecule has 0 amide bonds. The van der Waals surface area contributed by atoms with E-state index in [-0.39, 0.29) is 5.78 Å². The van der Waals surface area contributed by atoms with Crippen LogP contribution in [-0.2, 0) is 0 Å². The average Bonchev–Trinajstić information content (AvgIpc) is 3.08. The van der Waals surface area contributed by atoms with Gasteiger partial charge in [0.25, 0.3) is 0 Å². The Balaban J connectivity index is 1.55. The highest BCUT2D eigenvalue weighted by molar-refractivity contribution is 5.96. The van der Waals surface area contributed by atoms with Gasteiger partial charge in [-0.2, -0.15) is 0 Å². The molecule has 19 heavy (non-hydrogen) atoms. The number of hydrogen-bond donors (Lipinski definition) is 0. The number of ketones is 1. The monoisotopic (exact) mass is 258 g/mol. The normalized spacial score (nSPS) is 19.6. The predicted octanol–water partition coefficient (Wildman–Crippen LogP) is 4.38. The number of carbonyl (C=O) groups is 1. The highest BCUT2D eigenvalue weighted by Crippen LogP contribution is 2.30. The van der Waals surface area contributed by atoms with E-state index in [1.54, 1.807) is 0 Å². The van der Waals surface area contributed by atoms with Gasteiger partial charge in [0.05, 0.1) is 6.10 Å². The smallest absolute Gasteiger partial charge is 0.163 e. The molecule has 0 aliphatic heterocycles. The van der Waals surface area contributed by atoms with Gasteiger partial charge in [0.1, 0.15) is 5.75 Å². The summed E-state index contributed by atoms with van der Waals surface area (Å²) in [4.78, 5) is 12.2. The Morgan fingerprint density at radius 3 is 2.68 bits per heavy atom. The average molecular weight is 258 g/mol. The van der Waals surface area contributed by atoms with E-state index < -0.39 is 0 Å². The third-order valence-corrected chi connectivity index (χ3v) is 4.24. The molecule has 0 radical (unpaired) electrons. The lowest BCUT2D eigenvalue weighted by Crippen LogP contribution is -2.04. The Morgan fingerprint density at radius 1 is 1.16 bits per heavy atom. The maximum Gasteiger partial charge on any atom is 0.163 e. The molecule has 2 aliphatic carbocycles. The minimum absolute atomic E-state index is 0.271. The van der Waals surface area contributed by atoms with Crippen LogP contribution >= 0.6 is 0 Å². The highest BCUT2D eigenvalue weighted by Gasteiger charge is 2.23. The molecule has 3 rings (SSSR count). The fraction of sp³-hybridized carbons (Fsp3) is 0.588. The quantitative estimate of drug-likeness (QED) is 0.708. The second-order valence-electron chi connectivity index (χ2n) is 5.96. The van der Waals surface area contributed by atoms with Crippen molar-refractivity contribution in [3.8, 4) is 5.75 Å². The lowest BCUT2D eigenvalue weighted by molar-refractivity contribution is 0.0973. The lowest BCUT2D eigenvalue weighted by atomic mass is 9.97.